The van der Waals surface area contributed by atoms with E-state index < -0.39 is 5.60 Å². The van der Waals surface area contributed by atoms with E-state index in [1.165, 1.54) is 18.5 Å². The topological polar surface area (TPSA) is 110 Å². The Balaban J connectivity index is 0.938. The number of hydrogen-bond donors (Lipinski definition) is 0. The summed E-state index contributed by atoms with van der Waals surface area (Å²) in [6.45, 7) is 15.1. The van der Waals surface area contributed by atoms with Crippen molar-refractivity contribution in [2.75, 3.05) is 37.6 Å². The highest BCUT2D eigenvalue weighted by atomic mass is 19.1. The molecule has 260 valence electrons. The fourth-order valence-corrected chi connectivity index (χ4v) is 9.06. The first-order valence-corrected chi connectivity index (χ1v) is 17.9. The minimum absolute atomic E-state index is 0.0132. The summed E-state index contributed by atoms with van der Waals surface area (Å²) in [6.07, 6.45) is 11.0. The van der Waals surface area contributed by atoms with Crippen molar-refractivity contribution in [1.82, 2.24) is 34.9 Å². The Morgan fingerprint density at radius 2 is 1.82 bits per heavy atom. The van der Waals surface area contributed by atoms with Crippen molar-refractivity contribution in [3.05, 3.63) is 48.6 Å². The Labute approximate surface area is 287 Å². The van der Waals surface area contributed by atoms with Gasteiger partial charge in [0, 0.05) is 73.0 Å². The Bertz CT molecular complexity index is 1730. The lowest BCUT2D eigenvalue weighted by Gasteiger charge is -2.65. The molecule has 11 nitrogen and oxygen atoms in total. The van der Waals surface area contributed by atoms with E-state index in [9.17, 15) is 9.18 Å². The van der Waals surface area contributed by atoms with E-state index in [4.69, 9.17) is 9.47 Å². The number of hydrogen-bond acceptors (Lipinski definition) is 10. The van der Waals surface area contributed by atoms with E-state index in [1.807, 2.05) is 25.7 Å². The van der Waals surface area contributed by atoms with Crippen molar-refractivity contribution in [3.63, 3.8) is 0 Å². The highest BCUT2D eigenvalue weighted by Gasteiger charge is 2.61. The molecule has 3 aliphatic heterocycles. The van der Waals surface area contributed by atoms with Crippen molar-refractivity contribution < 1.29 is 18.7 Å². The highest BCUT2D eigenvalue weighted by molar-refractivity contribution is 5.73. The average Bonchev–Trinajstić information content (AvgIpc) is 3.75. The van der Waals surface area contributed by atoms with E-state index in [0.29, 0.717) is 46.8 Å². The van der Waals surface area contributed by atoms with Crippen LogP contribution in [0.15, 0.2) is 37.1 Å². The molecule has 2 aromatic heterocycles. The summed E-state index contributed by atoms with van der Waals surface area (Å²) in [5.41, 5.74) is 1.98. The van der Waals surface area contributed by atoms with E-state index >= 15 is 0 Å². The molecule has 12 heteroatoms. The van der Waals surface area contributed by atoms with Gasteiger partial charge in [-0.3, -0.25) is 4.90 Å². The fraction of sp³-hybridized carbons (Fsp3) is 0.622. The van der Waals surface area contributed by atoms with Crippen molar-refractivity contribution in [2.24, 2.45) is 17.3 Å². The number of nitrogens with zero attached hydrogens (tertiary/aromatic N) is 8. The highest BCUT2D eigenvalue weighted by Crippen LogP contribution is 2.55. The van der Waals surface area contributed by atoms with Crippen molar-refractivity contribution >= 4 is 11.9 Å². The first-order chi connectivity index (χ1) is 23.4. The molecule has 0 unspecified atom stereocenters. The number of likely N-dealkylation sites (tertiary alicyclic amines) is 2. The number of amides is 1. The van der Waals surface area contributed by atoms with Gasteiger partial charge in [-0.05, 0) is 89.3 Å². The maximum Gasteiger partial charge on any atom is 0.410 e. The molecule has 0 radical (unpaired) electrons. The van der Waals surface area contributed by atoms with Crippen molar-refractivity contribution in [3.8, 4) is 22.8 Å². The lowest BCUT2D eigenvalue weighted by Crippen LogP contribution is -2.72. The van der Waals surface area contributed by atoms with Gasteiger partial charge in [-0.2, -0.15) is 0 Å². The van der Waals surface area contributed by atoms with Gasteiger partial charge in [-0.15, -0.1) is 10.2 Å². The summed E-state index contributed by atoms with van der Waals surface area (Å²) in [7, 11) is 0. The quantitative estimate of drug-likeness (QED) is 0.265. The van der Waals surface area contributed by atoms with Crippen LogP contribution in [-0.4, -0.2) is 90.9 Å². The average molecular weight is 671 g/mol. The van der Waals surface area contributed by atoms with Crippen LogP contribution in [0.4, 0.5) is 15.0 Å². The van der Waals surface area contributed by atoms with Gasteiger partial charge in [0.05, 0.1) is 5.69 Å². The van der Waals surface area contributed by atoms with Crippen LogP contribution in [0.5, 0.6) is 11.6 Å². The van der Waals surface area contributed by atoms with Gasteiger partial charge in [-0.1, -0.05) is 13.8 Å². The third-order valence-electron chi connectivity index (χ3n) is 11.4. The largest absolute Gasteiger partial charge is 0.444 e. The predicted molar refractivity (Wildman–Crippen MR) is 182 cm³/mol. The monoisotopic (exact) mass is 670 g/mol. The minimum Gasteiger partial charge on any atom is -0.444 e. The summed E-state index contributed by atoms with van der Waals surface area (Å²) < 4.78 is 26.7. The normalized spacial score (nSPS) is 25.2. The van der Waals surface area contributed by atoms with Crippen LogP contribution in [-0.2, 0) is 4.74 Å². The maximum absolute atomic E-state index is 14.6. The smallest absolute Gasteiger partial charge is 0.410 e. The summed E-state index contributed by atoms with van der Waals surface area (Å²) in [4.78, 5) is 33.2. The Kier molecular flexibility index (Phi) is 7.81. The molecule has 3 aromatic rings. The molecule has 2 aliphatic carbocycles. The van der Waals surface area contributed by atoms with E-state index in [1.54, 1.807) is 18.6 Å². The zero-order chi connectivity index (χ0) is 34.1. The SMILES string of the molecule is CC(C)[C@H](C1CC2(CCN2C(=O)OC(C)(C)C)C1)N1CC2(CCN(c3ncnnc3Oc3ccc(F)cc3-c3cncnc3C3CC3)C2)C1. The summed E-state index contributed by atoms with van der Waals surface area (Å²) >= 11 is 0. The summed E-state index contributed by atoms with van der Waals surface area (Å²) in [5.74, 6) is 2.54. The zero-order valence-electron chi connectivity index (χ0n) is 29.2. The molecule has 3 saturated heterocycles. The maximum atomic E-state index is 14.6. The number of ether oxygens (including phenoxy) is 2. The molecular formula is C37H47FN8O3. The number of anilines is 1. The molecule has 5 fully saturated rings. The lowest BCUT2D eigenvalue weighted by atomic mass is 9.57. The standard InChI is InChI=1S/C37H47FN8O3/c1-23(2)31(25-15-37(16-25)11-13-46(37)34(47)49-35(3,4)5)45-19-36(20-45)10-12-44(18-36)32-33(43-42-22-41-32)48-29-9-8-26(38)14-27(29)28-17-39-21-40-30(28)24-6-7-24/h8-9,14,17,21-25,31H,6-7,10-13,15-16,18-20H2,1-5H3/t25?,31-,37?/m1/s1. The predicted octanol–water partition coefficient (Wildman–Crippen LogP) is 6.46. The van der Waals surface area contributed by atoms with Gasteiger partial charge in [0.1, 0.15) is 29.8 Å². The van der Waals surface area contributed by atoms with Crippen LogP contribution in [0.2, 0.25) is 0 Å². The Morgan fingerprint density at radius 3 is 2.51 bits per heavy atom. The third kappa shape index (κ3) is 5.99. The molecular weight excluding hydrogens is 623 g/mol. The van der Waals surface area contributed by atoms with Crippen molar-refractivity contribution in [1.29, 1.82) is 0 Å². The molecule has 2 spiro atoms. The van der Waals surface area contributed by atoms with Crippen LogP contribution >= 0.6 is 0 Å². The van der Waals surface area contributed by atoms with Gasteiger partial charge >= 0.3 is 6.09 Å². The summed E-state index contributed by atoms with van der Waals surface area (Å²) in [6, 6.07) is 5.00. The number of halogens is 1. The molecule has 0 bridgehead atoms. The first kappa shape index (κ1) is 32.3. The van der Waals surface area contributed by atoms with Crippen LogP contribution in [0, 0.1) is 23.1 Å². The van der Waals surface area contributed by atoms with E-state index in [-0.39, 0.29) is 22.9 Å². The Hall–Kier alpha value is -3.93. The molecule has 1 aromatic carbocycles. The second kappa shape index (κ2) is 11.8. The second-order valence-electron chi connectivity index (χ2n) is 16.5. The number of benzene rings is 1. The molecule has 0 N–H and O–H groups in total. The first-order valence-electron chi connectivity index (χ1n) is 17.9. The number of carbonyl (C=O) groups excluding carboxylic acids is 1. The molecule has 5 heterocycles. The van der Waals surface area contributed by atoms with Gasteiger partial charge in [0.25, 0.3) is 5.88 Å². The van der Waals surface area contributed by atoms with Gasteiger partial charge < -0.3 is 19.3 Å². The number of rotatable bonds is 8. The summed E-state index contributed by atoms with van der Waals surface area (Å²) in [5, 5.41) is 8.42. The van der Waals surface area contributed by atoms with Crippen molar-refractivity contribution in [2.45, 2.75) is 96.2 Å². The Morgan fingerprint density at radius 1 is 1.02 bits per heavy atom. The molecule has 1 atom stereocenters. The van der Waals surface area contributed by atoms with Gasteiger partial charge in [0.2, 0.25) is 0 Å². The fourth-order valence-electron chi connectivity index (χ4n) is 9.06. The lowest BCUT2D eigenvalue weighted by molar-refractivity contribution is -0.142. The van der Waals surface area contributed by atoms with E-state index in [2.05, 4.69) is 48.8 Å². The number of carbonyl (C=O) groups is 1. The molecule has 8 rings (SSSR count). The van der Waals surface area contributed by atoms with Crippen LogP contribution in [0.3, 0.4) is 0 Å². The minimum atomic E-state index is -0.478. The van der Waals surface area contributed by atoms with E-state index in [0.717, 1.165) is 82.5 Å². The van der Waals surface area contributed by atoms with Gasteiger partial charge in [-0.25, -0.2) is 24.1 Å². The zero-order valence-corrected chi connectivity index (χ0v) is 29.2. The van der Waals surface area contributed by atoms with Crippen LogP contribution < -0.4 is 9.64 Å². The van der Waals surface area contributed by atoms with Crippen LogP contribution in [0.1, 0.15) is 84.8 Å². The second-order valence-corrected chi connectivity index (χ2v) is 16.5. The van der Waals surface area contributed by atoms with Gasteiger partial charge in [0.15, 0.2) is 5.82 Å². The molecule has 49 heavy (non-hydrogen) atoms. The molecule has 1 amide bonds. The molecule has 5 aliphatic rings. The van der Waals surface area contributed by atoms with Crippen LogP contribution in [0.25, 0.3) is 11.1 Å². The number of aromatic nitrogens is 5. The molecule has 2 saturated carbocycles. The third-order valence-corrected chi connectivity index (χ3v) is 11.4.